The number of aryl methyl sites for hydroxylation is 1. The maximum atomic E-state index is 12.9. The van der Waals surface area contributed by atoms with Crippen LogP contribution in [0, 0.1) is 6.92 Å². The summed E-state index contributed by atoms with van der Waals surface area (Å²) >= 11 is 5.85. The van der Waals surface area contributed by atoms with Gasteiger partial charge in [-0.3, -0.25) is 4.79 Å². The molecule has 0 fully saturated rings. The molecule has 0 saturated carbocycles. The summed E-state index contributed by atoms with van der Waals surface area (Å²) in [5.41, 5.74) is 2.17. The highest BCUT2D eigenvalue weighted by atomic mass is 35.5. The summed E-state index contributed by atoms with van der Waals surface area (Å²) in [5.74, 6) is 0.549. The Morgan fingerprint density at radius 3 is 2.67 bits per heavy atom. The highest BCUT2D eigenvalue weighted by Gasteiger charge is 2.17. The lowest BCUT2D eigenvalue weighted by molar-refractivity contribution is 0.0937. The van der Waals surface area contributed by atoms with E-state index in [0.717, 1.165) is 12.0 Å². The molecule has 0 radical (unpaired) electrons. The van der Waals surface area contributed by atoms with Gasteiger partial charge in [0.1, 0.15) is 5.82 Å². The van der Waals surface area contributed by atoms with Gasteiger partial charge in [0.25, 0.3) is 5.91 Å². The van der Waals surface area contributed by atoms with E-state index < -0.39 is 0 Å². The molecule has 1 aromatic carbocycles. The van der Waals surface area contributed by atoms with Crippen LogP contribution >= 0.6 is 11.6 Å². The molecule has 7 nitrogen and oxygen atoms in total. The Morgan fingerprint density at radius 1 is 1.22 bits per heavy atom. The average molecular weight is 385 g/mol. The summed E-state index contributed by atoms with van der Waals surface area (Å²) in [4.78, 5) is 18.6. The van der Waals surface area contributed by atoms with E-state index in [2.05, 4.69) is 25.8 Å². The Labute approximate surface area is 162 Å². The second kappa shape index (κ2) is 8.64. The lowest BCUT2D eigenvalue weighted by Crippen LogP contribution is -2.39. The molecule has 1 amide bonds. The molecule has 2 aromatic heterocycles. The van der Waals surface area contributed by atoms with Gasteiger partial charge in [-0.2, -0.15) is 15.0 Å². The lowest BCUT2D eigenvalue weighted by Gasteiger charge is -2.19. The van der Waals surface area contributed by atoms with Gasteiger partial charge in [0, 0.05) is 18.8 Å². The minimum atomic E-state index is -0.163. The third-order valence-electron chi connectivity index (χ3n) is 4.12. The highest BCUT2D eigenvalue weighted by molar-refractivity contribution is 6.30. The van der Waals surface area contributed by atoms with Crippen LogP contribution in [0.25, 0.3) is 5.69 Å². The molecule has 0 spiro atoms. The van der Waals surface area contributed by atoms with Crippen LogP contribution in [-0.2, 0) is 0 Å². The number of hydrogen-bond donors (Lipinski definition) is 2. The van der Waals surface area contributed by atoms with E-state index >= 15 is 0 Å². The number of pyridine rings is 1. The highest BCUT2D eigenvalue weighted by Crippen LogP contribution is 2.16. The normalized spacial score (nSPS) is 11.8. The quantitative estimate of drug-likeness (QED) is 0.653. The predicted molar refractivity (Wildman–Crippen MR) is 105 cm³/mol. The molecule has 0 saturated heterocycles. The SMILES string of the molecule is CCC(CNc1ccc(Cl)cn1)NC(=O)c1cc(C)ccc1-n1nccn1. The molecule has 0 aliphatic heterocycles. The first kappa shape index (κ1) is 18.8. The monoisotopic (exact) mass is 384 g/mol. The van der Waals surface area contributed by atoms with E-state index in [-0.39, 0.29) is 11.9 Å². The predicted octanol–water partition coefficient (Wildman–Crippen LogP) is 3.24. The van der Waals surface area contributed by atoms with Crippen LogP contribution in [0.5, 0.6) is 0 Å². The topological polar surface area (TPSA) is 84.7 Å². The van der Waals surface area contributed by atoms with Crippen molar-refractivity contribution >= 4 is 23.3 Å². The maximum absolute atomic E-state index is 12.9. The number of benzene rings is 1. The van der Waals surface area contributed by atoms with Crippen LogP contribution in [0.3, 0.4) is 0 Å². The Kier molecular flexibility index (Phi) is 6.03. The van der Waals surface area contributed by atoms with Crippen LogP contribution in [-0.4, -0.2) is 38.5 Å². The van der Waals surface area contributed by atoms with E-state index in [1.165, 1.54) is 4.80 Å². The Bertz CT molecular complexity index is 895. The van der Waals surface area contributed by atoms with Gasteiger partial charge in [-0.05, 0) is 37.6 Å². The van der Waals surface area contributed by atoms with Gasteiger partial charge in [-0.1, -0.05) is 30.2 Å². The number of halogens is 1. The first-order chi connectivity index (χ1) is 13.1. The zero-order valence-corrected chi connectivity index (χ0v) is 15.9. The zero-order valence-electron chi connectivity index (χ0n) is 15.2. The summed E-state index contributed by atoms with van der Waals surface area (Å²) in [6, 6.07) is 9.14. The van der Waals surface area contributed by atoms with Gasteiger partial charge in [-0.15, -0.1) is 0 Å². The van der Waals surface area contributed by atoms with Gasteiger partial charge < -0.3 is 10.6 Å². The number of carbonyl (C=O) groups is 1. The van der Waals surface area contributed by atoms with Crippen molar-refractivity contribution in [2.75, 3.05) is 11.9 Å². The molecule has 2 heterocycles. The largest absolute Gasteiger partial charge is 0.368 e. The van der Waals surface area contributed by atoms with E-state index in [4.69, 9.17) is 11.6 Å². The second-order valence-corrected chi connectivity index (χ2v) is 6.60. The van der Waals surface area contributed by atoms with E-state index in [9.17, 15) is 4.79 Å². The molecular formula is C19H21ClN6O. The van der Waals surface area contributed by atoms with Crippen molar-refractivity contribution in [2.45, 2.75) is 26.3 Å². The molecule has 3 rings (SSSR count). The van der Waals surface area contributed by atoms with Crippen molar-refractivity contribution < 1.29 is 4.79 Å². The molecule has 0 aliphatic rings. The van der Waals surface area contributed by atoms with Gasteiger partial charge in [-0.25, -0.2) is 4.98 Å². The van der Waals surface area contributed by atoms with Crippen molar-refractivity contribution in [3.8, 4) is 5.69 Å². The van der Waals surface area contributed by atoms with Gasteiger partial charge in [0.15, 0.2) is 0 Å². The number of nitrogens with zero attached hydrogens (tertiary/aromatic N) is 4. The number of nitrogens with one attached hydrogen (secondary N) is 2. The van der Waals surface area contributed by atoms with Gasteiger partial charge in [0.05, 0.1) is 28.7 Å². The smallest absolute Gasteiger partial charge is 0.253 e. The van der Waals surface area contributed by atoms with Crippen molar-refractivity contribution in [2.24, 2.45) is 0 Å². The molecule has 8 heteroatoms. The number of hydrogen-bond acceptors (Lipinski definition) is 5. The second-order valence-electron chi connectivity index (χ2n) is 6.16. The molecule has 1 atom stereocenters. The first-order valence-electron chi connectivity index (χ1n) is 8.70. The van der Waals surface area contributed by atoms with Gasteiger partial charge >= 0.3 is 0 Å². The fourth-order valence-electron chi connectivity index (χ4n) is 2.62. The summed E-state index contributed by atoms with van der Waals surface area (Å²) in [7, 11) is 0. The molecule has 0 bridgehead atoms. The first-order valence-corrected chi connectivity index (χ1v) is 9.08. The van der Waals surface area contributed by atoms with Crippen molar-refractivity contribution in [3.63, 3.8) is 0 Å². The molecule has 0 aliphatic carbocycles. The summed E-state index contributed by atoms with van der Waals surface area (Å²) < 4.78 is 0. The number of carbonyl (C=O) groups excluding carboxylic acids is 1. The molecule has 2 N–H and O–H groups in total. The molecular weight excluding hydrogens is 364 g/mol. The maximum Gasteiger partial charge on any atom is 0.253 e. The Hall–Kier alpha value is -2.93. The van der Waals surface area contributed by atoms with Crippen molar-refractivity contribution in [1.29, 1.82) is 0 Å². The van der Waals surface area contributed by atoms with E-state index in [1.54, 1.807) is 30.7 Å². The molecule has 3 aromatic rings. The van der Waals surface area contributed by atoms with Crippen LogP contribution in [0.4, 0.5) is 5.82 Å². The van der Waals surface area contributed by atoms with Crippen molar-refractivity contribution in [3.05, 3.63) is 65.1 Å². The van der Waals surface area contributed by atoms with Crippen LogP contribution in [0.1, 0.15) is 29.3 Å². The summed E-state index contributed by atoms with van der Waals surface area (Å²) in [6.07, 6.45) is 5.52. The molecule has 1 unspecified atom stereocenters. The standard InChI is InChI=1S/C19H21ClN6O/c1-3-15(12-22-18-7-5-14(20)11-21-18)25-19(27)16-10-13(2)4-6-17(16)26-23-8-9-24-26/h4-11,15H,3,12H2,1-2H3,(H,21,22)(H,25,27). The molecule has 27 heavy (non-hydrogen) atoms. The fraction of sp³-hybridized carbons (Fsp3) is 0.263. The van der Waals surface area contributed by atoms with E-state index in [0.29, 0.717) is 28.6 Å². The number of amides is 1. The van der Waals surface area contributed by atoms with Gasteiger partial charge in [0.2, 0.25) is 0 Å². The Balaban J connectivity index is 1.71. The van der Waals surface area contributed by atoms with Crippen LogP contribution < -0.4 is 10.6 Å². The summed E-state index contributed by atoms with van der Waals surface area (Å²) in [5, 5.41) is 15.1. The molecule has 140 valence electrons. The summed E-state index contributed by atoms with van der Waals surface area (Å²) in [6.45, 7) is 4.52. The van der Waals surface area contributed by atoms with Crippen LogP contribution in [0.2, 0.25) is 5.02 Å². The third-order valence-corrected chi connectivity index (χ3v) is 4.34. The van der Waals surface area contributed by atoms with E-state index in [1.807, 2.05) is 32.0 Å². The average Bonchev–Trinajstić information content (AvgIpc) is 3.20. The fourth-order valence-corrected chi connectivity index (χ4v) is 2.73. The number of anilines is 1. The zero-order chi connectivity index (χ0) is 19.2. The van der Waals surface area contributed by atoms with Crippen LogP contribution in [0.15, 0.2) is 48.9 Å². The third kappa shape index (κ3) is 4.83. The number of aromatic nitrogens is 4. The number of rotatable bonds is 7. The minimum Gasteiger partial charge on any atom is -0.368 e. The lowest BCUT2D eigenvalue weighted by atomic mass is 10.1. The minimum absolute atomic E-state index is 0.0612. The van der Waals surface area contributed by atoms with Crippen molar-refractivity contribution in [1.82, 2.24) is 25.3 Å². The Morgan fingerprint density at radius 2 is 2.00 bits per heavy atom.